The summed E-state index contributed by atoms with van der Waals surface area (Å²) >= 11 is 1.62. The SMILES string of the molecule is O=C1/C(=C/c2cccc(OCc3ccc(F)cc3)c2)N=C2SCCCN12. The Kier molecular flexibility index (Phi) is 4.75. The molecule has 2 heterocycles. The molecule has 1 saturated heterocycles. The van der Waals surface area contributed by atoms with Crippen LogP contribution in [-0.4, -0.2) is 28.3 Å². The van der Waals surface area contributed by atoms with E-state index in [-0.39, 0.29) is 11.7 Å². The molecule has 0 unspecified atom stereocenters. The fraction of sp³-hybridized carbons (Fsp3) is 0.200. The average molecular weight is 368 g/mol. The molecule has 0 radical (unpaired) electrons. The Labute approximate surface area is 155 Å². The predicted octanol–water partition coefficient (Wildman–Crippen LogP) is 4.08. The summed E-state index contributed by atoms with van der Waals surface area (Å²) in [7, 11) is 0. The molecule has 0 aliphatic carbocycles. The van der Waals surface area contributed by atoms with Gasteiger partial charge in [-0.2, -0.15) is 0 Å². The molecule has 4 nitrogen and oxygen atoms in total. The van der Waals surface area contributed by atoms with Crippen LogP contribution in [0.5, 0.6) is 5.75 Å². The maximum Gasteiger partial charge on any atom is 0.278 e. The number of thioether (sulfide) groups is 1. The number of ether oxygens (including phenoxy) is 1. The van der Waals surface area contributed by atoms with Gasteiger partial charge in [0, 0.05) is 12.3 Å². The molecule has 2 aliphatic rings. The highest BCUT2D eigenvalue weighted by molar-refractivity contribution is 8.13. The van der Waals surface area contributed by atoms with Gasteiger partial charge in [-0.1, -0.05) is 36.0 Å². The standard InChI is InChI=1S/C20H17FN2O2S/c21-16-7-5-14(6-8-16)13-25-17-4-1-3-15(11-17)12-18-19(24)23-9-2-10-26-20(23)22-18/h1,3-8,11-12H,2,9-10,13H2/b18-12-. The van der Waals surface area contributed by atoms with E-state index in [9.17, 15) is 9.18 Å². The highest BCUT2D eigenvalue weighted by Gasteiger charge is 2.32. The van der Waals surface area contributed by atoms with Crippen molar-refractivity contribution < 1.29 is 13.9 Å². The van der Waals surface area contributed by atoms with Crippen molar-refractivity contribution in [1.82, 2.24) is 4.90 Å². The smallest absolute Gasteiger partial charge is 0.278 e. The third kappa shape index (κ3) is 3.65. The lowest BCUT2D eigenvalue weighted by molar-refractivity contribution is -0.122. The summed E-state index contributed by atoms with van der Waals surface area (Å²) in [4.78, 5) is 18.6. The Morgan fingerprint density at radius 3 is 2.88 bits per heavy atom. The zero-order valence-corrected chi connectivity index (χ0v) is 14.8. The first-order chi connectivity index (χ1) is 12.7. The fourth-order valence-electron chi connectivity index (χ4n) is 2.82. The van der Waals surface area contributed by atoms with Crippen LogP contribution in [0.25, 0.3) is 6.08 Å². The van der Waals surface area contributed by atoms with Gasteiger partial charge in [0.1, 0.15) is 23.9 Å². The van der Waals surface area contributed by atoms with E-state index in [0.29, 0.717) is 18.1 Å². The molecule has 2 aliphatic heterocycles. The topological polar surface area (TPSA) is 41.9 Å². The molecule has 2 aromatic carbocycles. The van der Waals surface area contributed by atoms with Gasteiger partial charge in [0.05, 0.1) is 0 Å². The minimum absolute atomic E-state index is 0.0372. The van der Waals surface area contributed by atoms with Gasteiger partial charge >= 0.3 is 0 Å². The molecule has 0 atom stereocenters. The quantitative estimate of drug-likeness (QED) is 0.764. The summed E-state index contributed by atoms with van der Waals surface area (Å²) in [5.41, 5.74) is 2.21. The highest BCUT2D eigenvalue weighted by atomic mass is 32.2. The molecular weight excluding hydrogens is 351 g/mol. The third-order valence-electron chi connectivity index (χ3n) is 4.15. The van der Waals surface area contributed by atoms with Gasteiger partial charge in [-0.05, 0) is 47.9 Å². The molecule has 6 heteroatoms. The molecule has 0 N–H and O–H groups in total. The van der Waals surface area contributed by atoms with Gasteiger partial charge in [0.2, 0.25) is 0 Å². The van der Waals surface area contributed by atoms with Crippen molar-refractivity contribution in [2.24, 2.45) is 4.99 Å². The molecule has 2 aromatic rings. The van der Waals surface area contributed by atoms with Gasteiger partial charge in [0.25, 0.3) is 5.91 Å². The molecular formula is C20H17FN2O2S. The van der Waals surface area contributed by atoms with E-state index in [1.807, 2.05) is 24.3 Å². The van der Waals surface area contributed by atoms with Crippen molar-refractivity contribution >= 4 is 28.9 Å². The van der Waals surface area contributed by atoms with Crippen molar-refractivity contribution in [3.8, 4) is 5.75 Å². The van der Waals surface area contributed by atoms with Crippen LogP contribution in [-0.2, 0) is 11.4 Å². The number of hydrogen-bond acceptors (Lipinski definition) is 4. The Bertz CT molecular complexity index is 893. The van der Waals surface area contributed by atoms with E-state index in [0.717, 1.165) is 35.0 Å². The molecule has 0 saturated carbocycles. The van der Waals surface area contributed by atoms with E-state index in [2.05, 4.69) is 4.99 Å². The Morgan fingerprint density at radius 2 is 2.08 bits per heavy atom. The number of amidine groups is 1. The number of fused-ring (bicyclic) bond motifs is 1. The van der Waals surface area contributed by atoms with Gasteiger partial charge in [-0.15, -0.1) is 0 Å². The van der Waals surface area contributed by atoms with Crippen molar-refractivity contribution in [1.29, 1.82) is 0 Å². The Balaban J connectivity index is 1.48. The molecule has 4 rings (SSSR count). The summed E-state index contributed by atoms with van der Waals surface area (Å²) in [6.45, 7) is 1.09. The van der Waals surface area contributed by atoms with Crippen molar-refractivity contribution in [2.75, 3.05) is 12.3 Å². The second-order valence-electron chi connectivity index (χ2n) is 6.07. The number of nitrogens with zero attached hydrogens (tertiary/aromatic N) is 2. The van der Waals surface area contributed by atoms with E-state index >= 15 is 0 Å². The second-order valence-corrected chi connectivity index (χ2v) is 7.13. The molecule has 0 spiro atoms. The summed E-state index contributed by atoms with van der Waals surface area (Å²) in [5.74, 6) is 1.39. The third-order valence-corrected chi connectivity index (χ3v) is 5.21. The number of benzene rings is 2. The number of halogens is 1. The minimum atomic E-state index is -0.264. The number of carbonyl (C=O) groups excluding carboxylic acids is 1. The van der Waals surface area contributed by atoms with Crippen LogP contribution in [0.2, 0.25) is 0 Å². The maximum atomic E-state index is 12.9. The minimum Gasteiger partial charge on any atom is -0.489 e. The van der Waals surface area contributed by atoms with Gasteiger partial charge in [-0.25, -0.2) is 9.38 Å². The summed E-state index contributed by atoms with van der Waals surface area (Å²) in [6.07, 6.45) is 2.79. The van der Waals surface area contributed by atoms with Gasteiger partial charge in [0.15, 0.2) is 5.17 Å². The summed E-state index contributed by atoms with van der Waals surface area (Å²) in [6, 6.07) is 13.7. The zero-order chi connectivity index (χ0) is 17.9. The number of aliphatic imine (C=N–C) groups is 1. The zero-order valence-electron chi connectivity index (χ0n) is 14.0. The fourth-order valence-corrected chi connectivity index (χ4v) is 3.77. The summed E-state index contributed by atoms with van der Waals surface area (Å²) in [5, 5.41) is 0.802. The molecule has 1 fully saturated rings. The highest BCUT2D eigenvalue weighted by Crippen LogP contribution is 2.28. The first-order valence-corrected chi connectivity index (χ1v) is 9.40. The van der Waals surface area contributed by atoms with Crippen molar-refractivity contribution in [2.45, 2.75) is 13.0 Å². The largest absolute Gasteiger partial charge is 0.489 e. The summed E-state index contributed by atoms with van der Waals surface area (Å²) < 4.78 is 18.7. The van der Waals surface area contributed by atoms with Crippen LogP contribution >= 0.6 is 11.8 Å². The van der Waals surface area contributed by atoms with Crippen LogP contribution in [0.15, 0.2) is 59.2 Å². The van der Waals surface area contributed by atoms with Crippen molar-refractivity contribution in [3.63, 3.8) is 0 Å². The first kappa shape index (κ1) is 16.8. The molecule has 0 aromatic heterocycles. The lowest BCUT2D eigenvalue weighted by Gasteiger charge is -2.21. The molecule has 26 heavy (non-hydrogen) atoms. The van der Waals surface area contributed by atoms with Gasteiger partial charge < -0.3 is 4.74 Å². The molecule has 1 amide bonds. The number of hydrogen-bond donors (Lipinski definition) is 0. The van der Waals surface area contributed by atoms with E-state index < -0.39 is 0 Å². The monoisotopic (exact) mass is 368 g/mol. The number of rotatable bonds is 4. The lowest BCUT2D eigenvalue weighted by atomic mass is 10.1. The van der Waals surface area contributed by atoms with E-state index in [1.165, 1.54) is 12.1 Å². The Morgan fingerprint density at radius 1 is 1.23 bits per heavy atom. The van der Waals surface area contributed by atoms with Crippen LogP contribution in [0.3, 0.4) is 0 Å². The van der Waals surface area contributed by atoms with Gasteiger partial charge in [-0.3, -0.25) is 9.69 Å². The Hall–Kier alpha value is -2.60. The average Bonchev–Trinajstić information content (AvgIpc) is 2.98. The van der Waals surface area contributed by atoms with Crippen molar-refractivity contribution in [3.05, 3.63) is 71.2 Å². The van der Waals surface area contributed by atoms with Crippen LogP contribution in [0.4, 0.5) is 4.39 Å². The van der Waals surface area contributed by atoms with E-state index in [4.69, 9.17) is 4.74 Å². The van der Waals surface area contributed by atoms with Crippen LogP contribution < -0.4 is 4.74 Å². The van der Waals surface area contributed by atoms with E-state index in [1.54, 1.807) is 34.9 Å². The maximum absolute atomic E-state index is 12.9. The second kappa shape index (κ2) is 7.33. The predicted molar refractivity (Wildman–Crippen MR) is 101 cm³/mol. The first-order valence-electron chi connectivity index (χ1n) is 8.41. The number of carbonyl (C=O) groups is 1. The molecule has 0 bridgehead atoms. The normalized spacial score (nSPS) is 18.0. The van der Waals surface area contributed by atoms with Crippen LogP contribution in [0, 0.1) is 5.82 Å². The number of amides is 1. The van der Waals surface area contributed by atoms with Crippen LogP contribution in [0.1, 0.15) is 17.5 Å². The lowest BCUT2D eigenvalue weighted by Crippen LogP contribution is -2.34. The molecule has 132 valence electrons.